The average molecular weight is 259 g/mol. The number of aromatic amines is 1. The molecule has 3 rings (SSSR count). The Morgan fingerprint density at radius 3 is 3.05 bits per heavy atom. The number of hydrogen-bond acceptors (Lipinski definition) is 5. The van der Waals surface area contributed by atoms with Crippen LogP contribution >= 0.6 is 0 Å². The van der Waals surface area contributed by atoms with Crippen LogP contribution in [-0.4, -0.2) is 19.9 Å². The van der Waals surface area contributed by atoms with Crippen LogP contribution in [-0.2, 0) is 6.61 Å². The molecule has 2 aromatic heterocycles. The molecule has 0 radical (unpaired) electrons. The maximum atomic E-state index is 13.2. The Kier molecular flexibility index (Phi) is 2.71. The molecule has 0 saturated heterocycles. The quantitative estimate of drug-likeness (QED) is 0.551. The van der Waals surface area contributed by atoms with E-state index in [0.717, 1.165) is 5.56 Å². The van der Waals surface area contributed by atoms with Gasteiger partial charge in [0.2, 0.25) is 5.88 Å². The fourth-order valence-electron chi connectivity index (χ4n) is 1.72. The Labute approximate surface area is 107 Å². The van der Waals surface area contributed by atoms with Crippen molar-refractivity contribution in [3.8, 4) is 5.88 Å². The van der Waals surface area contributed by atoms with Gasteiger partial charge in [-0.05, 0) is 17.7 Å². The predicted molar refractivity (Wildman–Crippen MR) is 66.8 cm³/mol. The van der Waals surface area contributed by atoms with Crippen molar-refractivity contribution >= 4 is 16.9 Å². The lowest BCUT2D eigenvalue weighted by Gasteiger charge is -2.06. The first-order valence-electron chi connectivity index (χ1n) is 5.56. The minimum atomic E-state index is -0.862. The van der Waals surface area contributed by atoms with Crippen LogP contribution in [0.25, 0.3) is 11.2 Å². The number of nitrogens with two attached hydrogens (primary N) is 1. The van der Waals surface area contributed by atoms with Gasteiger partial charge in [-0.15, -0.1) is 0 Å². The van der Waals surface area contributed by atoms with E-state index in [4.69, 9.17) is 10.5 Å². The molecule has 0 bridgehead atoms. The molecule has 0 unspecified atom stereocenters. The normalized spacial score (nSPS) is 10.8. The van der Waals surface area contributed by atoms with E-state index in [1.54, 1.807) is 12.1 Å². The summed E-state index contributed by atoms with van der Waals surface area (Å²) in [6.07, 6.45) is 0.547. The number of halogens is 1. The SMILES string of the molecule is Nc1cccc(COc2nc(F)nc3[nH]cnc23)c1. The van der Waals surface area contributed by atoms with Crippen molar-refractivity contribution in [2.45, 2.75) is 6.61 Å². The van der Waals surface area contributed by atoms with Gasteiger partial charge in [-0.1, -0.05) is 12.1 Å². The number of H-pyrrole nitrogens is 1. The number of fused-ring (bicyclic) bond motifs is 1. The zero-order chi connectivity index (χ0) is 13.2. The molecule has 0 aliphatic heterocycles. The Morgan fingerprint density at radius 1 is 1.32 bits per heavy atom. The van der Waals surface area contributed by atoms with Gasteiger partial charge in [0, 0.05) is 5.69 Å². The van der Waals surface area contributed by atoms with Gasteiger partial charge in [0.1, 0.15) is 6.61 Å². The molecule has 0 atom stereocenters. The van der Waals surface area contributed by atoms with Gasteiger partial charge >= 0.3 is 6.08 Å². The molecule has 0 saturated carbocycles. The monoisotopic (exact) mass is 259 g/mol. The van der Waals surface area contributed by atoms with Crippen LogP contribution in [0.4, 0.5) is 10.1 Å². The largest absolute Gasteiger partial charge is 0.471 e. The van der Waals surface area contributed by atoms with E-state index in [1.165, 1.54) is 6.33 Å². The summed E-state index contributed by atoms with van der Waals surface area (Å²) >= 11 is 0. The molecule has 1 aromatic carbocycles. The molecule has 96 valence electrons. The number of rotatable bonds is 3. The summed E-state index contributed by atoms with van der Waals surface area (Å²) in [6, 6.07) is 7.23. The van der Waals surface area contributed by atoms with Crippen molar-refractivity contribution in [3.05, 3.63) is 42.2 Å². The summed E-state index contributed by atoms with van der Waals surface area (Å²) in [4.78, 5) is 13.9. The standard InChI is InChI=1S/C12H10FN5O/c13-12-17-10-9(15-6-16-10)11(18-12)19-5-7-2-1-3-8(14)4-7/h1-4,6H,5,14H2,(H,15,16,17,18). The molecule has 3 N–H and O–H groups in total. The Bertz CT molecular complexity index is 727. The number of anilines is 1. The van der Waals surface area contributed by atoms with Gasteiger partial charge in [0.15, 0.2) is 11.2 Å². The number of imidazole rings is 1. The number of nitrogen functional groups attached to an aromatic ring is 1. The van der Waals surface area contributed by atoms with Crippen molar-refractivity contribution in [3.63, 3.8) is 0 Å². The number of nitrogens with one attached hydrogen (secondary N) is 1. The highest BCUT2D eigenvalue weighted by Crippen LogP contribution is 2.20. The van der Waals surface area contributed by atoms with E-state index >= 15 is 0 Å². The fraction of sp³-hybridized carbons (Fsp3) is 0.0833. The Balaban J connectivity index is 1.87. The third-order valence-corrected chi connectivity index (χ3v) is 2.55. The number of nitrogens with zero attached hydrogens (tertiary/aromatic N) is 3. The summed E-state index contributed by atoms with van der Waals surface area (Å²) in [5.41, 5.74) is 7.86. The molecule has 19 heavy (non-hydrogen) atoms. The van der Waals surface area contributed by atoms with Crippen molar-refractivity contribution in [2.75, 3.05) is 5.73 Å². The fourth-order valence-corrected chi connectivity index (χ4v) is 1.72. The second kappa shape index (κ2) is 4.52. The minimum absolute atomic E-state index is 0.103. The smallest absolute Gasteiger partial charge is 0.314 e. The minimum Gasteiger partial charge on any atom is -0.471 e. The molecule has 0 aliphatic carbocycles. The summed E-state index contributed by atoms with van der Waals surface area (Å²) in [5, 5.41) is 0. The van der Waals surface area contributed by atoms with Crippen LogP contribution in [0.1, 0.15) is 5.56 Å². The number of hydrogen-bond donors (Lipinski definition) is 2. The maximum Gasteiger partial charge on any atom is 0.314 e. The summed E-state index contributed by atoms with van der Waals surface area (Å²) in [7, 11) is 0. The molecule has 0 fully saturated rings. The van der Waals surface area contributed by atoms with E-state index in [-0.39, 0.29) is 12.5 Å². The van der Waals surface area contributed by atoms with Gasteiger partial charge < -0.3 is 15.5 Å². The molecule has 0 spiro atoms. The van der Waals surface area contributed by atoms with Gasteiger partial charge in [-0.2, -0.15) is 14.4 Å². The van der Waals surface area contributed by atoms with Gasteiger partial charge in [-0.25, -0.2) is 4.98 Å². The van der Waals surface area contributed by atoms with Gasteiger partial charge in [0.25, 0.3) is 0 Å². The zero-order valence-corrected chi connectivity index (χ0v) is 9.80. The van der Waals surface area contributed by atoms with Crippen molar-refractivity contribution in [1.29, 1.82) is 0 Å². The average Bonchev–Trinajstić information content (AvgIpc) is 2.84. The zero-order valence-electron chi connectivity index (χ0n) is 9.80. The van der Waals surface area contributed by atoms with Crippen LogP contribution in [0.15, 0.2) is 30.6 Å². The van der Waals surface area contributed by atoms with Gasteiger partial charge in [-0.3, -0.25) is 0 Å². The van der Waals surface area contributed by atoms with E-state index in [1.807, 2.05) is 12.1 Å². The number of benzene rings is 1. The third kappa shape index (κ3) is 2.30. The highest BCUT2D eigenvalue weighted by molar-refractivity contribution is 5.75. The Morgan fingerprint density at radius 2 is 2.21 bits per heavy atom. The first kappa shape index (κ1) is 11.4. The van der Waals surface area contributed by atoms with Crippen molar-refractivity contribution in [1.82, 2.24) is 19.9 Å². The number of ether oxygens (including phenoxy) is 1. The predicted octanol–water partition coefficient (Wildman–Crippen LogP) is 1.65. The number of aromatic nitrogens is 4. The van der Waals surface area contributed by atoms with Crippen LogP contribution in [0, 0.1) is 6.08 Å². The van der Waals surface area contributed by atoms with Crippen LogP contribution in [0.2, 0.25) is 0 Å². The first-order chi connectivity index (χ1) is 9.22. The molecule has 3 aromatic rings. The summed E-state index contributed by atoms with van der Waals surface area (Å²) in [6.45, 7) is 0.226. The van der Waals surface area contributed by atoms with Crippen molar-refractivity contribution < 1.29 is 9.13 Å². The second-order valence-electron chi connectivity index (χ2n) is 3.93. The van der Waals surface area contributed by atoms with E-state index in [0.29, 0.717) is 16.9 Å². The lowest BCUT2D eigenvalue weighted by Crippen LogP contribution is -2.01. The van der Waals surface area contributed by atoms with Crippen LogP contribution in [0.3, 0.4) is 0 Å². The van der Waals surface area contributed by atoms with E-state index in [2.05, 4.69) is 19.9 Å². The van der Waals surface area contributed by atoms with Gasteiger partial charge in [0.05, 0.1) is 6.33 Å². The highest BCUT2D eigenvalue weighted by atomic mass is 19.1. The lowest BCUT2D eigenvalue weighted by molar-refractivity contribution is 0.291. The molecule has 0 aliphatic rings. The highest BCUT2D eigenvalue weighted by Gasteiger charge is 2.11. The van der Waals surface area contributed by atoms with Crippen LogP contribution in [0.5, 0.6) is 5.88 Å². The van der Waals surface area contributed by atoms with Crippen LogP contribution < -0.4 is 10.5 Å². The molecule has 0 amide bonds. The van der Waals surface area contributed by atoms with E-state index in [9.17, 15) is 4.39 Å². The maximum absolute atomic E-state index is 13.2. The lowest BCUT2D eigenvalue weighted by atomic mass is 10.2. The van der Waals surface area contributed by atoms with E-state index < -0.39 is 6.08 Å². The molecule has 6 nitrogen and oxygen atoms in total. The third-order valence-electron chi connectivity index (χ3n) is 2.55. The molecule has 2 heterocycles. The Hall–Kier alpha value is -2.70. The van der Waals surface area contributed by atoms with Crippen molar-refractivity contribution in [2.24, 2.45) is 0 Å². The summed E-state index contributed by atoms with van der Waals surface area (Å²) < 4.78 is 18.7. The molecular formula is C12H10FN5O. The topological polar surface area (TPSA) is 89.7 Å². The second-order valence-corrected chi connectivity index (χ2v) is 3.93. The molecule has 7 heteroatoms. The molecular weight excluding hydrogens is 249 g/mol. The summed E-state index contributed by atoms with van der Waals surface area (Å²) in [5.74, 6) is 0.103. The first-order valence-corrected chi connectivity index (χ1v) is 5.56.